The predicted octanol–water partition coefficient (Wildman–Crippen LogP) is 6.59. The minimum absolute atomic E-state index is 0.764. The molecule has 4 heterocycles. The third kappa shape index (κ3) is 6.05. The number of rotatable bonds is 9. The maximum Gasteiger partial charge on any atom is 0.130 e. The van der Waals surface area contributed by atoms with Crippen LogP contribution in [0.15, 0.2) is 133 Å². The molecular weight excluding hydrogens is 568 g/mol. The second-order valence-electron chi connectivity index (χ2n) is 12.2. The van der Waals surface area contributed by atoms with Gasteiger partial charge in [-0.2, -0.15) is 10.2 Å². The van der Waals surface area contributed by atoms with Crippen LogP contribution in [0, 0.1) is 0 Å². The van der Waals surface area contributed by atoms with Gasteiger partial charge < -0.3 is 9.80 Å². The molecule has 8 nitrogen and oxygen atoms in total. The summed E-state index contributed by atoms with van der Waals surface area (Å²) in [6, 6.07) is 46.9. The lowest BCUT2D eigenvalue weighted by Gasteiger charge is -2.40. The Morgan fingerprint density at radius 1 is 0.435 bits per heavy atom. The largest absolute Gasteiger partial charge is 0.339 e. The number of hydrogen-bond acceptors (Lipinski definition) is 6. The molecule has 230 valence electrons. The molecule has 0 amide bonds. The summed E-state index contributed by atoms with van der Waals surface area (Å²) in [5.74, 6) is 2.33. The number of anilines is 2. The van der Waals surface area contributed by atoms with E-state index in [9.17, 15) is 0 Å². The highest BCUT2D eigenvalue weighted by Crippen LogP contribution is 2.31. The minimum atomic E-state index is 0.764. The fourth-order valence-electron chi connectivity index (χ4n) is 6.56. The lowest BCUT2D eigenvalue weighted by atomic mass is 10.1. The summed E-state index contributed by atoms with van der Waals surface area (Å²) in [6.07, 6.45) is 0. The van der Waals surface area contributed by atoms with Crippen molar-refractivity contribution in [1.29, 1.82) is 0 Å². The van der Waals surface area contributed by atoms with Crippen molar-refractivity contribution in [1.82, 2.24) is 29.4 Å². The van der Waals surface area contributed by atoms with E-state index in [2.05, 4.69) is 162 Å². The number of nitrogens with zero attached hydrogens (tertiary/aromatic N) is 8. The highest BCUT2D eigenvalue weighted by atomic mass is 15.5. The van der Waals surface area contributed by atoms with Crippen LogP contribution < -0.4 is 9.80 Å². The Bertz CT molecular complexity index is 1730. The zero-order valence-electron chi connectivity index (χ0n) is 25.9. The molecule has 2 aliphatic rings. The van der Waals surface area contributed by atoms with Gasteiger partial charge in [0.25, 0.3) is 0 Å². The summed E-state index contributed by atoms with van der Waals surface area (Å²) in [5.41, 5.74) is 6.92. The van der Waals surface area contributed by atoms with Crippen LogP contribution in [0.4, 0.5) is 11.6 Å². The van der Waals surface area contributed by atoms with Crippen LogP contribution in [0.3, 0.4) is 0 Å². The molecule has 4 aromatic carbocycles. The van der Waals surface area contributed by atoms with Gasteiger partial charge in [-0.25, -0.2) is 9.36 Å². The zero-order valence-corrected chi connectivity index (χ0v) is 25.9. The van der Waals surface area contributed by atoms with Crippen LogP contribution in [-0.4, -0.2) is 55.8 Å². The summed E-state index contributed by atoms with van der Waals surface area (Å²) < 4.78 is 4.34. The van der Waals surface area contributed by atoms with Crippen molar-refractivity contribution in [2.45, 2.75) is 26.4 Å². The Balaban J connectivity index is 1.02. The molecule has 0 saturated carbocycles. The molecule has 0 spiro atoms. The van der Waals surface area contributed by atoms with E-state index >= 15 is 0 Å². The molecule has 0 saturated heterocycles. The number of aromatic nitrogens is 4. The molecule has 0 unspecified atom stereocenters. The van der Waals surface area contributed by atoms with E-state index in [-0.39, 0.29) is 0 Å². The van der Waals surface area contributed by atoms with E-state index in [4.69, 9.17) is 10.2 Å². The number of benzene rings is 4. The van der Waals surface area contributed by atoms with Gasteiger partial charge in [-0.05, 0) is 11.1 Å². The van der Waals surface area contributed by atoms with E-state index in [1.165, 1.54) is 22.8 Å². The van der Waals surface area contributed by atoms with Gasteiger partial charge in [-0.15, -0.1) is 0 Å². The number of fused-ring (bicyclic) bond motifs is 2. The smallest absolute Gasteiger partial charge is 0.130 e. The average Bonchev–Trinajstić information content (AvgIpc) is 3.75. The Morgan fingerprint density at radius 2 is 0.804 bits per heavy atom. The summed E-state index contributed by atoms with van der Waals surface area (Å²) >= 11 is 0. The van der Waals surface area contributed by atoms with Crippen LogP contribution in [0.5, 0.6) is 0 Å². The maximum atomic E-state index is 5.08. The van der Waals surface area contributed by atoms with E-state index < -0.39 is 0 Å². The Hall–Kier alpha value is -5.18. The molecule has 46 heavy (non-hydrogen) atoms. The van der Waals surface area contributed by atoms with Crippen LogP contribution in [0.2, 0.25) is 0 Å². The van der Waals surface area contributed by atoms with Crippen molar-refractivity contribution in [3.63, 3.8) is 0 Å². The van der Waals surface area contributed by atoms with Crippen molar-refractivity contribution < 1.29 is 0 Å². The third-order valence-electron chi connectivity index (χ3n) is 8.88. The normalized spacial score (nSPS) is 15.1. The Kier molecular flexibility index (Phi) is 7.80. The van der Waals surface area contributed by atoms with Crippen LogP contribution in [-0.2, 0) is 26.4 Å². The first kappa shape index (κ1) is 28.3. The second kappa shape index (κ2) is 12.7. The van der Waals surface area contributed by atoms with E-state index in [1.807, 2.05) is 0 Å². The summed E-state index contributed by atoms with van der Waals surface area (Å²) in [6.45, 7) is 6.75. The van der Waals surface area contributed by atoms with Crippen molar-refractivity contribution in [3.05, 3.63) is 145 Å². The van der Waals surface area contributed by atoms with Crippen molar-refractivity contribution in [2.75, 3.05) is 36.2 Å². The first-order valence-corrected chi connectivity index (χ1v) is 16.0. The van der Waals surface area contributed by atoms with Gasteiger partial charge in [0, 0.05) is 49.4 Å². The molecular formula is C38H38N8. The fraction of sp³-hybridized carbons (Fsp3) is 0.211. The van der Waals surface area contributed by atoms with Gasteiger partial charge in [0.05, 0.1) is 38.1 Å². The highest BCUT2D eigenvalue weighted by Gasteiger charge is 2.28. The summed E-state index contributed by atoms with van der Waals surface area (Å²) in [4.78, 5) is 9.92. The lowest BCUT2D eigenvalue weighted by Crippen LogP contribution is -2.50. The Morgan fingerprint density at radius 3 is 1.20 bits per heavy atom. The molecule has 0 bridgehead atoms. The summed E-state index contributed by atoms with van der Waals surface area (Å²) in [7, 11) is 0. The molecule has 6 aromatic rings. The minimum Gasteiger partial charge on any atom is -0.339 e. The maximum absolute atomic E-state index is 5.08. The molecule has 8 heteroatoms. The highest BCUT2D eigenvalue weighted by molar-refractivity contribution is 5.65. The quantitative estimate of drug-likeness (QED) is 0.185. The molecule has 0 radical (unpaired) electrons. The van der Waals surface area contributed by atoms with E-state index in [1.54, 1.807) is 0 Å². The fourth-order valence-corrected chi connectivity index (χ4v) is 6.56. The van der Waals surface area contributed by atoms with E-state index in [0.717, 1.165) is 75.4 Å². The molecule has 0 N–H and O–H groups in total. The van der Waals surface area contributed by atoms with Gasteiger partial charge in [0.2, 0.25) is 0 Å². The lowest BCUT2D eigenvalue weighted by molar-refractivity contribution is 0.125. The molecule has 8 rings (SSSR count). The van der Waals surface area contributed by atoms with Gasteiger partial charge >= 0.3 is 0 Å². The number of hydrogen-bond donors (Lipinski definition) is 0. The second-order valence-corrected chi connectivity index (χ2v) is 12.2. The van der Waals surface area contributed by atoms with Crippen LogP contribution in [0.25, 0.3) is 22.5 Å². The molecule has 2 aromatic heterocycles. The molecule has 2 aliphatic heterocycles. The van der Waals surface area contributed by atoms with Crippen molar-refractivity contribution >= 4 is 11.6 Å². The SMILES string of the molecule is c1ccc(CN2CN(CCN3CN(Cc4ccccc4)c4cc(-c5ccccc5)nn4C3)Cn3nc(-c4ccccc4)cc32)cc1. The first-order valence-electron chi connectivity index (χ1n) is 16.0. The Labute approximate surface area is 270 Å². The van der Waals surface area contributed by atoms with Crippen molar-refractivity contribution in [2.24, 2.45) is 0 Å². The van der Waals surface area contributed by atoms with Gasteiger partial charge in [-0.3, -0.25) is 9.80 Å². The van der Waals surface area contributed by atoms with Gasteiger partial charge in [0.15, 0.2) is 0 Å². The summed E-state index contributed by atoms with van der Waals surface area (Å²) in [5, 5.41) is 10.2. The van der Waals surface area contributed by atoms with Crippen LogP contribution >= 0.6 is 0 Å². The molecule has 0 atom stereocenters. The standard InChI is InChI=1S/C38H38N8/c1-5-13-31(14-6-1)25-43-27-41(29-45-37(43)23-35(39-45)33-17-9-3-10-18-33)21-22-42-28-44(26-32-15-7-2-8-16-32)38-24-36(40-46(38)30-42)34-19-11-4-12-20-34/h1-20,23-24H,21-22,25-30H2. The predicted molar refractivity (Wildman–Crippen MR) is 184 cm³/mol. The average molecular weight is 607 g/mol. The topological polar surface area (TPSA) is 48.6 Å². The van der Waals surface area contributed by atoms with Crippen LogP contribution in [0.1, 0.15) is 11.1 Å². The molecule has 0 fully saturated rings. The van der Waals surface area contributed by atoms with Crippen molar-refractivity contribution in [3.8, 4) is 22.5 Å². The van der Waals surface area contributed by atoms with Gasteiger partial charge in [-0.1, -0.05) is 121 Å². The molecule has 0 aliphatic carbocycles. The van der Waals surface area contributed by atoms with E-state index in [0.29, 0.717) is 0 Å². The monoisotopic (exact) mass is 606 g/mol. The first-order chi connectivity index (χ1) is 22.7. The third-order valence-corrected chi connectivity index (χ3v) is 8.88. The zero-order chi connectivity index (χ0) is 30.7. The van der Waals surface area contributed by atoms with Gasteiger partial charge in [0.1, 0.15) is 11.6 Å².